The average Bonchev–Trinajstić information content (AvgIpc) is 2.80. The first kappa shape index (κ1) is 19.8. The summed E-state index contributed by atoms with van der Waals surface area (Å²) in [7, 11) is -0.674. The van der Waals surface area contributed by atoms with Crippen LogP contribution >= 0.6 is 0 Å². The second kappa shape index (κ2) is 7.25. The van der Waals surface area contributed by atoms with Gasteiger partial charge in [0.1, 0.15) is 12.4 Å². The van der Waals surface area contributed by atoms with Gasteiger partial charge in [0.05, 0.1) is 11.2 Å². The second-order valence-electron chi connectivity index (χ2n) is 7.91. The molecule has 0 unspecified atom stereocenters. The molecule has 3 nitrogen and oxygen atoms in total. The maximum atomic E-state index is 13.3. The van der Waals surface area contributed by atoms with Crippen LogP contribution in [0.15, 0.2) is 42.5 Å². The Morgan fingerprint density at radius 3 is 2.15 bits per heavy atom. The molecular weight excluding hydrogens is 349 g/mol. The number of aryl methyl sites for hydroxylation is 1. The van der Waals surface area contributed by atoms with Gasteiger partial charge >= 0.3 is 7.12 Å². The van der Waals surface area contributed by atoms with E-state index in [0.29, 0.717) is 16.8 Å². The monoisotopic (exact) mass is 374 g/mol. The van der Waals surface area contributed by atoms with Gasteiger partial charge in [0, 0.05) is 11.0 Å². The maximum absolute atomic E-state index is 13.3. The Morgan fingerprint density at radius 2 is 1.59 bits per heavy atom. The molecule has 2 aromatic rings. The fourth-order valence-electron chi connectivity index (χ4n) is 3.04. The lowest BCUT2D eigenvalue weighted by atomic mass is 9.75. The van der Waals surface area contributed by atoms with Gasteiger partial charge in [0.2, 0.25) is 0 Å². The van der Waals surface area contributed by atoms with E-state index in [1.165, 1.54) is 12.1 Å². The Labute approximate surface area is 159 Å². The molecule has 0 spiro atoms. The van der Waals surface area contributed by atoms with E-state index < -0.39 is 24.7 Å². The highest BCUT2D eigenvalue weighted by Crippen LogP contribution is 2.38. The van der Waals surface area contributed by atoms with Gasteiger partial charge in [-0.15, -0.1) is 0 Å². The Morgan fingerprint density at radius 1 is 1.00 bits per heavy atom. The van der Waals surface area contributed by atoms with Crippen LogP contribution in [0.2, 0.25) is 0 Å². The highest BCUT2D eigenvalue weighted by atomic mass is 19.3. The van der Waals surface area contributed by atoms with Crippen LogP contribution in [0.5, 0.6) is 5.75 Å². The van der Waals surface area contributed by atoms with Gasteiger partial charge in [-0.3, -0.25) is 0 Å². The molecule has 3 rings (SSSR count). The van der Waals surface area contributed by atoms with Crippen molar-refractivity contribution in [2.75, 3.05) is 0 Å². The first-order chi connectivity index (χ1) is 12.6. The molecule has 1 heterocycles. The summed E-state index contributed by atoms with van der Waals surface area (Å²) in [5.74, 6) is 0.368. The number of hydrogen-bond acceptors (Lipinski definition) is 3. The zero-order valence-corrected chi connectivity index (χ0v) is 16.4. The minimum Gasteiger partial charge on any atom is -0.489 e. The van der Waals surface area contributed by atoms with Gasteiger partial charge in [-0.2, -0.15) is 0 Å². The lowest BCUT2D eigenvalue weighted by Crippen LogP contribution is -2.41. The van der Waals surface area contributed by atoms with Crippen LogP contribution in [0.25, 0.3) is 0 Å². The number of halogens is 2. The van der Waals surface area contributed by atoms with Gasteiger partial charge in [0.25, 0.3) is 6.43 Å². The van der Waals surface area contributed by atoms with E-state index in [9.17, 15) is 8.78 Å². The minimum atomic E-state index is -2.57. The van der Waals surface area contributed by atoms with Crippen molar-refractivity contribution in [3.63, 3.8) is 0 Å². The van der Waals surface area contributed by atoms with Gasteiger partial charge in [0.15, 0.2) is 0 Å². The standard InChI is InChI=1S/C21H25BF2O3/c1-14-11-16(19(23)24)12-17(25-13-15-9-7-6-8-10-15)18(14)22-26-20(2,3)21(4,5)27-22/h6-12,19H,13H2,1-5H3. The summed E-state index contributed by atoms with van der Waals surface area (Å²) in [6.07, 6.45) is -2.57. The number of hydrogen-bond donors (Lipinski definition) is 0. The largest absolute Gasteiger partial charge is 0.498 e. The molecule has 0 radical (unpaired) electrons. The smallest absolute Gasteiger partial charge is 0.489 e. The summed E-state index contributed by atoms with van der Waals surface area (Å²) in [6.45, 7) is 9.89. The van der Waals surface area contributed by atoms with Gasteiger partial charge in [-0.05, 0) is 51.8 Å². The van der Waals surface area contributed by atoms with E-state index in [1.54, 1.807) is 6.92 Å². The first-order valence-electron chi connectivity index (χ1n) is 9.06. The molecule has 6 heteroatoms. The van der Waals surface area contributed by atoms with Crippen LogP contribution in [-0.2, 0) is 15.9 Å². The van der Waals surface area contributed by atoms with Gasteiger partial charge in [-0.1, -0.05) is 36.4 Å². The molecule has 27 heavy (non-hydrogen) atoms. The normalized spacial score (nSPS) is 18.1. The first-order valence-corrected chi connectivity index (χ1v) is 9.06. The molecule has 0 amide bonds. The van der Waals surface area contributed by atoms with Crippen LogP contribution in [0, 0.1) is 6.92 Å². The Bertz CT molecular complexity index is 791. The Balaban J connectivity index is 1.97. The molecule has 1 aliphatic rings. The van der Waals surface area contributed by atoms with E-state index in [-0.39, 0.29) is 12.2 Å². The molecule has 1 aliphatic heterocycles. The third-order valence-corrected chi connectivity index (χ3v) is 5.35. The molecule has 0 atom stereocenters. The zero-order chi connectivity index (χ0) is 19.8. The third-order valence-electron chi connectivity index (χ3n) is 5.35. The van der Waals surface area contributed by atoms with E-state index in [1.807, 2.05) is 58.0 Å². The number of alkyl halides is 2. The fourth-order valence-corrected chi connectivity index (χ4v) is 3.04. The highest BCUT2D eigenvalue weighted by Gasteiger charge is 2.53. The van der Waals surface area contributed by atoms with E-state index in [0.717, 1.165) is 5.56 Å². The van der Waals surface area contributed by atoms with Crippen molar-refractivity contribution in [1.82, 2.24) is 0 Å². The van der Waals surface area contributed by atoms with Crippen molar-refractivity contribution in [3.8, 4) is 5.75 Å². The number of benzene rings is 2. The van der Waals surface area contributed by atoms with Crippen molar-refractivity contribution >= 4 is 12.6 Å². The Kier molecular flexibility index (Phi) is 5.32. The van der Waals surface area contributed by atoms with E-state index in [2.05, 4.69) is 0 Å². The molecule has 0 saturated carbocycles. The van der Waals surface area contributed by atoms with Crippen molar-refractivity contribution < 1.29 is 22.8 Å². The Hall–Kier alpha value is -1.92. The third kappa shape index (κ3) is 4.02. The topological polar surface area (TPSA) is 27.7 Å². The molecule has 0 bridgehead atoms. The van der Waals surface area contributed by atoms with Crippen LogP contribution < -0.4 is 10.2 Å². The van der Waals surface area contributed by atoms with E-state index >= 15 is 0 Å². The molecule has 144 valence electrons. The van der Waals surface area contributed by atoms with Crippen LogP contribution in [-0.4, -0.2) is 18.3 Å². The van der Waals surface area contributed by atoms with Crippen LogP contribution in [0.4, 0.5) is 8.78 Å². The summed E-state index contributed by atoms with van der Waals surface area (Å²) in [5.41, 5.74) is 1.15. The quantitative estimate of drug-likeness (QED) is 0.703. The lowest BCUT2D eigenvalue weighted by molar-refractivity contribution is 0.00578. The number of rotatable bonds is 5. The predicted octanol–water partition coefficient (Wildman–Crippen LogP) is 4.81. The highest BCUT2D eigenvalue weighted by molar-refractivity contribution is 6.63. The van der Waals surface area contributed by atoms with Crippen molar-refractivity contribution in [2.24, 2.45) is 0 Å². The van der Waals surface area contributed by atoms with Crippen molar-refractivity contribution in [2.45, 2.75) is 58.9 Å². The van der Waals surface area contributed by atoms with Crippen molar-refractivity contribution in [1.29, 1.82) is 0 Å². The van der Waals surface area contributed by atoms with E-state index in [4.69, 9.17) is 14.0 Å². The van der Waals surface area contributed by atoms with Crippen LogP contribution in [0.3, 0.4) is 0 Å². The SMILES string of the molecule is Cc1cc(C(F)F)cc(OCc2ccccc2)c1B1OC(C)(C)C(C)(C)O1. The maximum Gasteiger partial charge on any atom is 0.498 e. The molecule has 1 fully saturated rings. The van der Waals surface area contributed by atoms with Crippen molar-refractivity contribution in [3.05, 3.63) is 59.2 Å². The summed E-state index contributed by atoms with van der Waals surface area (Å²) in [5, 5.41) is 0. The van der Waals surface area contributed by atoms with Gasteiger partial charge < -0.3 is 14.0 Å². The number of ether oxygens (including phenoxy) is 1. The fraction of sp³-hybridized carbons (Fsp3) is 0.429. The molecule has 0 N–H and O–H groups in total. The zero-order valence-electron chi connectivity index (χ0n) is 16.4. The molecule has 1 saturated heterocycles. The summed E-state index contributed by atoms with van der Waals surface area (Å²) in [4.78, 5) is 0. The molecular formula is C21H25BF2O3. The molecule has 0 aliphatic carbocycles. The lowest BCUT2D eigenvalue weighted by Gasteiger charge is -2.32. The second-order valence-corrected chi connectivity index (χ2v) is 7.91. The summed E-state index contributed by atoms with van der Waals surface area (Å²) in [6, 6.07) is 12.5. The average molecular weight is 374 g/mol. The summed E-state index contributed by atoms with van der Waals surface area (Å²) < 4.78 is 44.9. The van der Waals surface area contributed by atoms with Crippen LogP contribution in [0.1, 0.15) is 50.8 Å². The minimum absolute atomic E-state index is 0.0733. The molecule has 2 aromatic carbocycles. The summed E-state index contributed by atoms with van der Waals surface area (Å²) >= 11 is 0. The molecule has 0 aromatic heterocycles. The van der Waals surface area contributed by atoms with Gasteiger partial charge in [-0.25, -0.2) is 8.78 Å². The predicted molar refractivity (Wildman–Crippen MR) is 103 cm³/mol.